The number of aliphatic carboxylic acids is 1. The van der Waals surface area contributed by atoms with Gasteiger partial charge in [-0.15, -0.1) is 0 Å². The Morgan fingerprint density at radius 3 is 1.76 bits per heavy atom. The molecule has 5 N–H and O–H groups in total. The lowest BCUT2D eigenvalue weighted by atomic mass is 10.1. The van der Waals surface area contributed by atoms with Gasteiger partial charge in [0.15, 0.2) is 6.10 Å². The number of unbranched alkanes of at least 4 members (excludes halogenated alkanes) is 8. The van der Waals surface area contributed by atoms with E-state index in [1.807, 2.05) is 61.6 Å². The molecule has 0 fully saturated rings. The number of aliphatic hydroxyl groups is 1. The van der Waals surface area contributed by atoms with Gasteiger partial charge in [-0.2, -0.15) is 0 Å². The number of ether oxygens (including phenoxy) is 2. The van der Waals surface area contributed by atoms with E-state index in [-0.39, 0.29) is 12.8 Å². The number of carboxylic acid groups (broad SMARTS) is 1. The number of carbonyl (C=O) groups is 3. The Labute approximate surface area is 354 Å². The highest BCUT2D eigenvalue weighted by atomic mass is 31.2. The molecular weight excluding hydrogens is 773 g/mol. The van der Waals surface area contributed by atoms with E-state index in [1.165, 1.54) is 19.3 Å². The monoisotopic (exact) mass is 847 g/mol. The second kappa shape index (κ2) is 39.8. The average Bonchev–Trinajstić information content (AvgIpc) is 3.21. The summed E-state index contributed by atoms with van der Waals surface area (Å²) in [5.74, 6) is -2.53. The highest BCUT2D eigenvalue weighted by Crippen LogP contribution is 2.43. The maximum Gasteiger partial charge on any atom is 0.472 e. The predicted octanol–water partition coefficient (Wildman–Crippen LogP) is 10.2. The first-order valence-electron chi connectivity index (χ1n) is 21.4. The molecule has 0 rings (SSSR count). The number of rotatable bonds is 38. The number of phosphoric acid groups is 1. The molecule has 12 nitrogen and oxygen atoms in total. The number of hydrogen-bond donors (Lipinski definition) is 4. The van der Waals surface area contributed by atoms with Crippen LogP contribution in [0, 0.1) is 0 Å². The van der Waals surface area contributed by atoms with Gasteiger partial charge in [0.05, 0.1) is 19.3 Å². The molecule has 0 bridgehead atoms. The molecule has 2 unspecified atom stereocenters. The molecule has 0 spiro atoms. The van der Waals surface area contributed by atoms with E-state index >= 15 is 0 Å². The molecule has 59 heavy (non-hydrogen) atoms. The maximum atomic E-state index is 12.6. The number of allylic oxidation sites excluding steroid dienone is 14. The lowest BCUT2D eigenvalue weighted by Gasteiger charge is -2.20. The zero-order valence-electron chi connectivity index (χ0n) is 35.7. The van der Waals surface area contributed by atoms with E-state index in [9.17, 15) is 28.9 Å². The minimum atomic E-state index is -4.75. The summed E-state index contributed by atoms with van der Waals surface area (Å²) in [7, 11) is -4.75. The van der Waals surface area contributed by atoms with Crippen molar-refractivity contribution in [3.63, 3.8) is 0 Å². The van der Waals surface area contributed by atoms with E-state index in [4.69, 9.17) is 24.8 Å². The summed E-state index contributed by atoms with van der Waals surface area (Å²) in [4.78, 5) is 45.9. The zero-order chi connectivity index (χ0) is 43.7. The highest BCUT2D eigenvalue weighted by Gasteiger charge is 2.28. The van der Waals surface area contributed by atoms with Crippen LogP contribution < -0.4 is 5.73 Å². The van der Waals surface area contributed by atoms with E-state index in [1.54, 1.807) is 6.08 Å². The van der Waals surface area contributed by atoms with Gasteiger partial charge in [-0.3, -0.25) is 23.4 Å². The Balaban J connectivity index is 4.57. The van der Waals surface area contributed by atoms with Gasteiger partial charge in [0, 0.05) is 12.8 Å². The Kier molecular flexibility index (Phi) is 37.3. The quantitative estimate of drug-likeness (QED) is 0.0151. The first-order valence-corrected chi connectivity index (χ1v) is 22.9. The third kappa shape index (κ3) is 39.6. The van der Waals surface area contributed by atoms with Gasteiger partial charge in [-0.1, -0.05) is 137 Å². The van der Waals surface area contributed by atoms with Crippen molar-refractivity contribution in [3.05, 3.63) is 97.2 Å². The molecule has 0 aromatic rings. The number of nitrogens with two attached hydrogens (primary N) is 1. The molecule has 4 atom stereocenters. The number of phosphoric ester groups is 1. The SMILES string of the molecule is CC/C=C\C(O)C/C=C/C=C\C/C=C\C/C=C\CCCC(=O)O[C@H](COC(=O)CCCCCC/C=C\C/C=C\C/C=C\CCCCC)COP(=O)(O)OC[C@H](N)C(=O)O. The lowest BCUT2D eigenvalue weighted by molar-refractivity contribution is -0.161. The normalized spacial score (nSPS) is 15.2. The third-order valence-electron chi connectivity index (χ3n) is 8.39. The van der Waals surface area contributed by atoms with Crippen LogP contribution in [0.2, 0.25) is 0 Å². The van der Waals surface area contributed by atoms with E-state index in [0.29, 0.717) is 25.7 Å². The summed E-state index contributed by atoms with van der Waals surface area (Å²) in [6.07, 6.45) is 46.8. The highest BCUT2D eigenvalue weighted by molar-refractivity contribution is 7.47. The smallest absolute Gasteiger partial charge is 0.472 e. The summed E-state index contributed by atoms with van der Waals surface area (Å²) in [6.45, 7) is 2.42. The molecule has 0 radical (unpaired) electrons. The molecule has 0 aliphatic carbocycles. The number of carboxylic acids is 1. The standard InChI is InChI=1S/C46H74NO11P/c1-3-5-7-8-9-10-11-12-13-14-15-16-20-23-26-29-32-36-44(49)55-38-42(39-56-59(53,54)57-40-43(47)46(51)52)58-45(50)37-33-30-27-24-21-18-17-19-22-25-28-31-35-41(48)34-6-4-2/h6,9-10,12-13,15-18,22,24-25,27-28,31,34,41-43,48H,3-5,7-8,11,14,19-21,23,26,29-30,32-33,35-40,47H2,1-2H3,(H,51,52)(H,53,54)/b10-9-,13-12-,16-15-,18-17-,25-22-,27-24-,31-28+,34-6-/t41?,42-,43+/m1/s1. The second-order valence-electron chi connectivity index (χ2n) is 13.9. The Hall–Kier alpha value is -3.64. The topological polar surface area (TPSA) is 192 Å². The van der Waals surface area contributed by atoms with Gasteiger partial charge in [0.1, 0.15) is 12.6 Å². The van der Waals surface area contributed by atoms with E-state index in [2.05, 4.69) is 47.9 Å². The fourth-order valence-corrected chi connectivity index (χ4v) is 5.79. The molecular formula is C46H74NO11P. The summed E-state index contributed by atoms with van der Waals surface area (Å²) >= 11 is 0. The molecule has 13 heteroatoms. The summed E-state index contributed by atoms with van der Waals surface area (Å²) in [6, 6.07) is -1.55. The predicted molar refractivity (Wildman–Crippen MR) is 236 cm³/mol. The molecule has 0 heterocycles. The van der Waals surface area contributed by atoms with Crippen molar-refractivity contribution in [1.29, 1.82) is 0 Å². The van der Waals surface area contributed by atoms with Crippen molar-refractivity contribution in [2.45, 2.75) is 154 Å². The minimum absolute atomic E-state index is 0.0539. The summed E-state index contributed by atoms with van der Waals surface area (Å²) in [5.41, 5.74) is 5.32. The average molecular weight is 848 g/mol. The van der Waals surface area contributed by atoms with Crippen LogP contribution in [0.25, 0.3) is 0 Å². The van der Waals surface area contributed by atoms with Crippen LogP contribution in [0.3, 0.4) is 0 Å². The molecule has 334 valence electrons. The van der Waals surface area contributed by atoms with E-state index in [0.717, 1.165) is 64.2 Å². The summed E-state index contributed by atoms with van der Waals surface area (Å²) < 4.78 is 32.6. The van der Waals surface area contributed by atoms with Crippen LogP contribution in [0.5, 0.6) is 0 Å². The lowest BCUT2D eigenvalue weighted by Crippen LogP contribution is -2.34. The van der Waals surface area contributed by atoms with Crippen molar-refractivity contribution >= 4 is 25.7 Å². The zero-order valence-corrected chi connectivity index (χ0v) is 36.6. The largest absolute Gasteiger partial charge is 0.480 e. The van der Waals surface area contributed by atoms with Crippen molar-refractivity contribution in [1.82, 2.24) is 0 Å². The molecule has 0 aromatic heterocycles. The van der Waals surface area contributed by atoms with Crippen LogP contribution in [-0.2, 0) is 37.5 Å². The summed E-state index contributed by atoms with van der Waals surface area (Å²) in [5, 5.41) is 18.6. The van der Waals surface area contributed by atoms with Crippen molar-refractivity contribution in [2.75, 3.05) is 19.8 Å². The maximum absolute atomic E-state index is 12.6. The van der Waals surface area contributed by atoms with Gasteiger partial charge in [0.2, 0.25) is 0 Å². The molecule has 0 saturated heterocycles. The van der Waals surface area contributed by atoms with Crippen molar-refractivity contribution < 1.29 is 52.6 Å². The fraction of sp³-hybridized carbons (Fsp3) is 0.587. The van der Waals surface area contributed by atoms with Gasteiger partial charge >= 0.3 is 25.7 Å². The van der Waals surface area contributed by atoms with Gasteiger partial charge in [0.25, 0.3) is 0 Å². The first-order chi connectivity index (χ1) is 28.5. The van der Waals surface area contributed by atoms with Crippen LogP contribution in [0.4, 0.5) is 0 Å². The first kappa shape index (κ1) is 55.4. The van der Waals surface area contributed by atoms with Crippen LogP contribution in [0.1, 0.15) is 136 Å². The van der Waals surface area contributed by atoms with Crippen LogP contribution in [-0.4, -0.2) is 71.1 Å². The van der Waals surface area contributed by atoms with Crippen molar-refractivity contribution in [3.8, 4) is 0 Å². The third-order valence-corrected chi connectivity index (χ3v) is 9.34. The Morgan fingerprint density at radius 2 is 1.15 bits per heavy atom. The van der Waals surface area contributed by atoms with Crippen molar-refractivity contribution in [2.24, 2.45) is 5.73 Å². The van der Waals surface area contributed by atoms with E-state index < -0.39 is 63.8 Å². The number of esters is 2. The second-order valence-corrected chi connectivity index (χ2v) is 15.4. The molecule has 0 aliphatic rings. The van der Waals surface area contributed by atoms with Gasteiger partial charge in [-0.05, 0) is 83.5 Å². The molecule has 0 aliphatic heterocycles. The van der Waals surface area contributed by atoms with Gasteiger partial charge in [-0.25, -0.2) is 4.57 Å². The minimum Gasteiger partial charge on any atom is -0.480 e. The number of carbonyl (C=O) groups excluding carboxylic acids is 2. The Morgan fingerprint density at radius 1 is 0.627 bits per heavy atom. The van der Waals surface area contributed by atoms with Crippen LogP contribution >= 0.6 is 7.82 Å². The number of aliphatic hydroxyl groups excluding tert-OH is 1. The Bertz CT molecular complexity index is 1380. The number of hydrogen-bond acceptors (Lipinski definition) is 10. The molecule has 0 saturated carbocycles. The molecule has 0 amide bonds. The van der Waals surface area contributed by atoms with Gasteiger partial charge < -0.3 is 30.3 Å². The van der Waals surface area contributed by atoms with Crippen LogP contribution in [0.15, 0.2) is 97.2 Å². The fourth-order valence-electron chi connectivity index (χ4n) is 5.01. The molecule has 0 aromatic carbocycles.